The maximum absolute atomic E-state index is 14.2. The minimum absolute atomic E-state index is 0.0389. The zero-order valence-corrected chi connectivity index (χ0v) is 23.1. The molecule has 0 saturated heterocycles. The number of halogens is 1. The van der Waals surface area contributed by atoms with Gasteiger partial charge in [0, 0.05) is 34.3 Å². The minimum Gasteiger partial charge on any atom is -0.496 e. The van der Waals surface area contributed by atoms with Crippen molar-refractivity contribution in [3.05, 3.63) is 87.8 Å². The first kappa shape index (κ1) is 26.2. The molecule has 0 spiro atoms. The molecule has 5 nitrogen and oxygen atoms in total. The van der Waals surface area contributed by atoms with Crippen molar-refractivity contribution in [2.75, 3.05) is 14.2 Å². The zero-order valence-electron chi connectivity index (χ0n) is 21.5. The number of rotatable bonds is 7. The van der Waals surface area contributed by atoms with Crippen LogP contribution in [0, 0.1) is 11.3 Å². The number of carbonyl (C=O) groups is 1. The summed E-state index contributed by atoms with van der Waals surface area (Å²) in [5.74, 6) is 0.692. The quantitative estimate of drug-likeness (QED) is 0.266. The van der Waals surface area contributed by atoms with Crippen molar-refractivity contribution in [3.63, 3.8) is 0 Å². The first-order valence-corrected chi connectivity index (χ1v) is 14.0. The zero-order chi connectivity index (χ0) is 26.6. The Morgan fingerprint density at radius 1 is 1.08 bits per heavy atom. The van der Waals surface area contributed by atoms with Gasteiger partial charge in [-0.3, -0.25) is 4.79 Å². The summed E-state index contributed by atoms with van der Waals surface area (Å²) in [6, 6.07) is 24.2. The van der Waals surface area contributed by atoms with Gasteiger partial charge in [0.05, 0.1) is 23.8 Å². The van der Waals surface area contributed by atoms with Crippen LogP contribution in [0.2, 0.25) is 5.02 Å². The van der Waals surface area contributed by atoms with E-state index >= 15 is 0 Å². The summed E-state index contributed by atoms with van der Waals surface area (Å²) in [5.41, 5.74) is 3.46. The van der Waals surface area contributed by atoms with Crippen LogP contribution >= 0.6 is 22.9 Å². The molecule has 5 rings (SSSR count). The molecule has 3 aromatic carbocycles. The summed E-state index contributed by atoms with van der Waals surface area (Å²) in [6.07, 6.45) is 3.88. The van der Waals surface area contributed by atoms with Gasteiger partial charge >= 0.3 is 0 Å². The van der Waals surface area contributed by atoms with Gasteiger partial charge in [-0.2, -0.15) is 5.26 Å². The molecule has 7 heteroatoms. The molecule has 1 aliphatic carbocycles. The van der Waals surface area contributed by atoms with Crippen LogP contribution in [0.4, 0.5) is 0 Å². The Kier molecular flexibility index (Phi) is 7.99. The molecule has 194 valence electrons. The largest absolute Gasteiger partial charge is 0.496 e. The Labute approximate surface area is 232 Å². The van der Waals surface area contributed by atoms with Crippen LogP contribution in [-0.2, 0) is 6.54 Å². The fourth-order valence-corrected chi connectivity index (χ4v) is 6.83. The Balaban J connectivity index is 1.53. The van der Waals surface area contributed by atoms with E-state index in [-0.39, 0.29) is 11.9 Å². The van der Waals surface area contributed by atoms with Gasteiger partial charge in [-0.25, -0.2) is 0 Å². The lowest BCUT2D eigenvalue weighted by atomic mass is 9.89. The summed E-state index contributed by atoms with van der Waals surface area (Å²) in [4.78, 5) is 16.8. The van der Waals surface area contributed by atoms with E-state index in [0.717, 1.165) is 58.2 Å². The van der Waals surface area contributed by atoms with E-state index in [1.165, 1.54) is 11.3 Å². The molecular weight excluding hydrogens is 514 g/mol. The molecular formula is C31H30ClN3O2S. The number of hydrogen-bond donors (Lipinski definition) is 1. The summed E-state index contributed by atoms with van der Waals surface area (Å²) < 4.78 is 6.75. The smallest absolute Gasteiger partial charge is 0.266 e. The average molecular weight is 544 g/mol. The highest BCUT2D eigenvalue weighted by Crippen LogP contribution is 2.38. The van der Waals surface area contributed by atoms with E-state index in [1.807, 2.05) is 66.5 Å². The van der Waals surface area contributed by atoms with Crippen LogP contribution < -0.4 is 10.1 Å². The van der Waals surface area contributed by atoms with Crippen LogP contribution in [0.25, 0.3) is 21.2 Å². The third kappa shape index (κ3) is 5.28. The van der Waals surface area contributed by atoms with Crippen molar-refractivity contribution in [2.45, 2.75) is 44.3 Å². The number of hydrogen-bond acceptors (Lipinski definition) is 5. The second-order valence-electron chi connectivity index (χ2n) is 9.69. The number of methoxy groups -OCH3 is 1. The van der Waals surface area contributed by atoms with Gasteiger partial charge in [-0.1, -0.05) is 48.0 Å². The Morgan fingerprint density at radius 2 is 1.84 bits per heavy atom. The summed E-state index contributed by atoms with van der Waals surface area (Å²) in [7, 11) is 3.66. The Hall–Kier alpha value is -3.37. The SMILES string of the molecule is CN[C@H]1CC[C@H](N(Cc2cc(-c3cccc(C#N)c3)ccc2OC)C(=O)c2sc3ccccc3c2Cl)CC1. The van der Waals surface area contributed by atoms with E-state index < -0.39 is 0 Å². The predicted octanol–water partition coefficient (Wildman–Crippen LogP) is 7.27. The molecule has 1 aliphatic rings. The van der Waals surface area contributed by atoms with E-state index in [0.29, 0.717) is 28.0 Å². The van der Waals surface area contributed by atoms with Crippen molar-refractivity contribution in [1.82, 2.24) is 10.2 Å². The van der Waals surface area contributed by atoms with Crippen LogP contribution in [0.3, 0.4) is 0 Å². The van der Waals surface area contributed by atoms with Crippen LogP contribution in [-0.4, -0.2) is 37.0 Å². The Bertz CT molecular complexity index is 1500. The Morgan fingerprint density at radius 3 is 2.55 bits per heavy atom. The molecule has 1 saturated carbocycles. The molecule has 1 heterocycles. The van der Waals surface area contributed by atoms with Gasteiger partial charge in [0.1, 0.15) is 10.6 Å². The topological polar surface area (TPSA) is 65.4 Å². The molecule has 4 aromatic rings. The highest BCUT2D eigenvalue weighted by atomic mass is 35.5. The normalized spacial score (nSPS) is 17.2. The number of nitriles is 1. The van der Waals surface area contributed by atoms with Crippen molar-refractivity contribution in [2.24, 2.45) is 0 Å². The third-order valence-electron chi connectivity index (χ3n) is 7.48. The fraction of sp³-hybridized carbons (Fsp3) is 0.290. The molecule has 1 amide bonds. The monoisotopic (exact) mass is 543 g/mol. The number of thiophene rings is 1. The van der Waals surface area contributed by atoms with Crippen LogP contribution in [0.1, 0.15) is 46.5 Å². The van der Waals surface area contributed by atoms with Gasteiger partial charge in [0.15, 0.2) is 0 Å². The van der Waals surface area contributed by atoms with E-state index in [9.17, 15) is 10.1 Å². The lowest BCUT2D eigenvalue weighted by Crippen LogP contribution is -2.44. The predicted molar refractivity (Wildman–Crippen MR) is 155 cm³/mol. The second-order valence-corrected chi connectivity index (χ2v) is 11.1. The number of amides is 1. The van der Waals surface area contributed by atoms with Crippen molar-refractivity contribution in [3.8, 4) is 22.9 Å². The van der Waals surface area contributed by atoms with Gasteiger partial charge in [-0.15, -0.1) is 11.3 Å². The van der Waals surface area contributed by atoms with Gasteiger partial charge in [0.2, 0.25) is 0 Å². The molecule has 1 aromatic heterocycles. The first-order chi connectivity index (χ1) is 18.5. The van der Waals surface area contributed by atoms with Crippen LogP contribution in [0.15, 0.2) is 66.7 Å². The highest BCUT2D eigenvalue weighted by molar-refractivity contribution is 7.21. The summed E-state index contributed by atoms with van der Waals surface area (Å²) in [5, 5.41) is 14.2. The lowest BCUT2D eigenvalue weighted by Gasteiger charge is -2.37. The number of ether oxygens (including phenoxy) is 1. The molecule has 1 N–H and O–H groups in total. The maximum atomic E-state index is 14.2. The van der Waals surface area contributed by atoms with Crippen LogP contribution in [0.5, 0.6) is 5.75 Å². The summed E-state index contributed by atoms with van der Waals surface area (Å²) in [6.45, 7) is 0.410. The van der Waals surface area contributed by atoms with Gasteiger partial charge in [-0.05, 0) is 74.2 Å². The average Bonchev–Trinajstić information content (AvgIpc) is 3.31. The molecule has 0 aliphatic heterocycles. The second kappa shape index (κ2) is 11.6. The number of nitrogens with one attached hydrogen (secondary N) is 1. The highest BCUT2D eigenvalue weighted by Gasteiger charge is 2.32. The summed E-state index contributed by atoms with van der Waals surface area (Å²) >= 11 is 8.23. The molecule has 0 radical (unpaired) electrons. The number of nitrogens with zero attached hydrogens (tertiary/aromatic N) is 2. The molecule has 0 bridgehead atoms. The maximum Gasteiger partial charge on any atom is 0.266 e. The third-order valence-corrected chi connectivity index (χ3v) is 9.15. The molecule has 0 atom stereocenters. The number of carbonyl (C=O) groups excluding carboxylic acids is 1. The van der Waals surface area contributed by atoms with Crippen molar-refractivity contribution >= 4 is 38.9 Å². The van der Waals surface area contributed by atoms with Gasteiger partial charge < -0.3 is 15.0 Å². The van der Waals surface area contributed by atoms with E-state index in [2.05, 4.69) is 17.5 Å². The van der Waals surface area contributed by atoms with Crippen molar-refractivity contribution in [1.29, 1.82) is 5.26 Å². The van der Waals surface area contributed by atoms with E-state index in [1.54, 1.807) is 13.2 Å². The molecule has 0 unspecified atom stereocenters. The van der Waals surface area contributed by atoms with Gasteiger partial charge in [0.25, 0.3) is 5.91 Å². The number of fused-ring (bicyclic) bond motifs is 1. The fourth-order valence-electron chi connectivity index (χ4n) is 5.36. The first-order valence-electron chi connectivity index (χ1n) is 12.8. The van der Waals surface area contributed by atoms with E-state index in [4.69, 9.17) is 16.3 Å². The minimum atomic E-state index is -0.0389. The molecule has 38 heavy (non-hydrogen) atoms. The molecule has 1 fully saturated rings. The number of benzene rings is 3. The van der Waals surface area contributed by atoms with Crippen molar-refractivity contribution < 1.29 is 9.53 Å². The standard InChI is InChI=1S/C31H30ClN3O2S/c1-34-24-11-13-25(14-12-24)35(31(36)30-29(32)26-8-3-4-9-28(26)38-30)19-23-17-22(10-15-27(23)37-2)21-7-5-6-20(16-21)18-33/h3-10,15-17,24-25,34H,11-14,19H2,1-2H3/t24-,25-. The lowest BCUT2D eigenvalue weighted by molar-refractivity contribution is 0.0604.